The number of nitrogens with zero attached hydrogens (tertiary/aromatic N) is 1. The van der Waals surface area contributed by atoms with E-state index in [-0.39, 0.29) is 18.7 Å². The number of carboxylic acid groups (broad SMARTS) is 1. The molecule has 1 N–H and O–H groups in total. The number of hydrogen-bond donors (Lipinski definition) is 1. The molecule has 1 aliphatic heterocycles. The molecule has 1 aliphatic rings. The Bertz CT molecular complexity index is 656. The minimum Gasteiger partial charge on any atom is -0.480 e. The first kappa shape index (κ1) is 15.8. The van der Waals surface area contributed by atoms with Crippen LogP contribution in [0.4, 0.5) is 0 Å². The number of carboxylic acids is 1. The Morgan fingerprint density at radius 2 is 1.90 bits per heavy atom. The van der Waals surface area contributed by atoms with E-state index in [1.54, 1.807) is 24.3 Å². The summed E-state index contributed by atoms with van der Waals surface area (Å²) < 4.78 is 23.0. The molecule has 1 amide bonds. The maximum absolute atomic E-state index is 12.2. The van der Waals surface area contributed by atoms with Crippen LogP contribution in [0.25, 0.3) is 0 Å². The molecule has 1 aromatic rings. The van der Waals surface area contributed by atoms with Crippen molar-refractivity contribution in [2.45, 2.75) is 12.5 Å². The smallest absolute Gasteiger partial charge is 0.327 e. The molecule has 8 heteroatoms. The van der Waals surface area contributed by atoms with Crippen molar-refractivity contribution in [2.24, 2.45) is 0 Å². The predicted molar refractivity (Wildman–Crippen MR) is 76.9 cm³/mol. The van der Waals surface area contributed by atoms with Crippen molar-refractivity contribution < 1.29 is 23.1 Å². The lowest BCUT2D eigenvalue weighted by atomic mass is 10.1. The van der Waals surface area contributed by atoms with Gasteiger partial charge in [0.25, 0.3) is 0 Å². The molecule has 1 atom stereocenters. The van der Waals surface area contributed by atoms with Crippen molar-refractivity contribution in [3.63, 3.8) is 0 Å². The molecule has 114 valence electrons. The number of sulfone groups is 1. The second-order valence-electron chi connectivity index (χ2n) is 4.86. The van der Waals surface area contributed by atoms with Crippen LogP contribution >= 0.6 is 11.6 Å². The lowest BCUT2D eigenvalue weighted by Crippen LogP contribution is -2.55. The zero-order valence-electron chi connectivity index (χ0n) is 11.0. The molecule has 0 aromatic heterocycles. The van der Waals surface area contributed by atoms with E-state index in [2.05, 4.69) is 0 Å². The van der Waals surface area contributed by atoms with Crippen LogP contribution in [0, 0.1) is 0 Å². The number of carbonyl (C=O) groups is 2. The van der Waals surface area contributed by atoms with Gasteiger partial charge in [0.15, 0.2) is 9.84 Å². The van der Waals surface area contributed by atoms with E-state index in [1.165, 1.54) is 0 Å². The molecular weight excluding hydrogens is 318 g/mol. The molecule has 1 saturated heterocycles. The van der Waals surface area contributed by atoms with Crippen molar-refractivity contribution in [3.8, 4) is 0 Å². The fourth-order valence-electron chi connectivity index (χ4n) is 2.19. The average molecular weight is 332 g/mol. The molecule has 0 radical (unpaired) electrons. The highest BCUT2D eigenvalue weighted by molar-refractivity contribution is 7.91. The van der Waals surface area contributed by atoms with Crippen LogP contribution in [-0.2, 0) is 25.8 Å². The van der Waals surface area contributed by atoms with Crippen molar-refractivity contribution in [3.05, 3.63) is 34.9 Å². The molecule has 0 spiro atoms. The minimum absolute atomic E-state index is 0.0149. The van der Waals surface area contributed by atoms with Gasteiger partial charge >= 0.3 is 5.97 Å². The highest BCUT2D eigenvalue weighted by Crippen LogP contribution is 2.16. The second kappa shape index (κ2) is 6.03. The average Bonchev–Trinajstić information content (AvgIpc) is 2.40. The van der Waals surface area contributed by atoms with Gasteiger partial charge in [-0.15, -0.1) is 0 Å². The maximum Gasteiger partial charge on any atom is 0.327 e. The fraction of sp³-hybridized carbons (Fsp3) is 0.385. The first-order valence-corrected chi connectivity index (χ1v) is 8.45. The summed E-state index contributed by atoms with van der Waals surface area (Å²) in [5.74, 6) is -2.44. The SMILES string of the molecule is O=C(O)C1CS(=O)(=O)CCN1C(=O)Cc1ccc(Cl)cc1. The summed E-state index contributed by atoms with van der Waals surface area (Å²) in [5, 5.41) is 9.66. The monoisotopic (exact) mass is 331 g/mol. The van der Waals surface area contributed by atoms with E-state index < -0.39 is 33.5 Å². The topological polar surface area (TPSA) is 91.8 Å². The number of halogens is 1. The van der Waals surface area contributed by atoms with Gasteiger partial charge in [0.05, 0.1) is 17.9 Å². The predicted octanol–water partition coefficient (Wildman–Crippen LogP) is 0.593. The van der Waals surface area contributed by atoms with Crippen LogP contribution in [0.1, 0.15) is 5.56 Å². The summed E-state index contributed by atoms with van der Waals surface area (Å²) in [6.07, 6.45) is 0.0149. The Hall–Kier alpha value is -1.60. The van der Waals surface area contributed by atoms with Gasteiger partial charge in [-0.1, -0.05) is 23.7 Å². The molecular formula is C13H14ClNO5S. The number of carbonyl (C=O) groups excluding carboxylic acids is 1. The Labute approximate surface area is 127 Å². The van der Waals surface area contributed by atoms with Crippen LogP contribution in [0.3, 0.4) is 0 Å². The largest absolute Gasteiger partial charge is 0.480 e. The summed E-state index contributed by atoms with van der Waals surface area (Å²) in [4.78, 5) is 24.5. The van der Waals surface area contributed by atoms with Gasteiger partial charge in [-0.3, -0.25) is 4.79 Å². The highest BCUT2D eigenvalue weighted by atomic mass is 35.5. The zero-order valence-corrected chi connectivity index (χ0v) is 12.6. The summed E-state index contributed by atoms with van der Waals surface area (Å²) >= 11 is 5.75. The van der Waals surface area contributed by atoms with Crippen LogP contribution in [-0.4, -0.2) is 54.4 Å². The second-order valence-corrected chi connectivity index (χ2v) is 7.52. The Kier molecular flexibility index (Phi) is 4.53. The van der Waals surface area contributed by atoms with Gasteiger partial charge in [0, 0.05) is 11.6 Å². The minimum atomic E-state index is -3.41. The maximum atomic E-state index is 12.2. The van der Waals surface area contributed by atoms with E-state index in [1.807, 2.05) is 0 Å². The van der Waals surface area contributed by atoms with Gasteiger partial charge in [0.1, 0.15) is 6.04 Å². The summed E-state index contributed by atoms with van der Waals surface area (Å²) in [6.45, 7) is -0.0915. The Morgan fingerprint density at radius 3 is 2.48 bits per heavy atom. The van der Waals surface area contributed by atoms with E-state index in [9.17, 15) is 18.0 Å². The lowest BCUT2D eigenvalue weighted by Gasteiger charge is -2.32. The fourth-order valence-corrected chi connectivity index (χ4v) is 3.76. The molecule has 1 aromatic carbocycles. The first-order valence-electron chi connectivity index (χ1n) is 6.25. The van der Waals surface area contributed by atoms with Crippen LogP contribution < -0.4 is 0 Å². The van der Waals surface area contributed by atoms with Crippen molar-refractivity contribution in [1.82, 2.24) is 4.90 Å². The van der Waals surface area contributed by atoms with Crippen LogP contribution in [0.15, 0.2) is 24.3 Å². The molecule has 0 saturated carbocycles. The lowest BCUT2D eigenvalue weighted by molar-refractivity contribution is -0.149. The summed E-state index contributed by atoms with van der Waals surface area (Å²) in [7, 11) is -3.41. The van der Waals surface area contributed by atoms with Gasteiger partial charge < -0.3 is 10.0 Å². The first-order chi connectivity index (χ1) is 9.78. The molecule has 1 heterocycles. The van der Waals surface area contributed by atoms with Gasteiger partial charge in [-0.25, -0.2) is 13.2 Å². The van der Waals surface area contributed by atoms with Gasteiger partial charge in [-0.2, -0.15) is 0 Å². The van der Waals surface area contributed by atoms with E-state index >= 15 is 0 Å². The Balaban J connectivity index is 2.13. The van der Waals surface area contributed by atoms with Crippen molar-refractivity contribution in [2.75, 3.05) is 18.1 Å². The van der Waals surface area contributed by atoms with Crippen LogP contribution in [0.2, 0.25) is 5.02 Å². The molecule has 0 aliphatic carbocycles. The quantitative estimate of drug-likeness (QED) is 0.875. The molecule has 1 fully saturated rings. The number of benzene rings is 1. The molecule has 21 heavy (non-hydrogen) atoms. The van der Waals surface area contributed by atoms with E-state index in [0.717, 1.165) is 4.90 Å². The number of amides is 1. The van der Waals surface area contributed by atoms with Crippen LogP contribution in [0.5, 0.6) is 0 Å². The summed E-state index contributed by atoms with van der Waals surface area (Å²) in [6, 6.07) is 5.32. The van der Waals surface area contributed by atoms with E-state index in [4.69, 9.17) is 16.7 Å². The Morgan fingerprint density at radius 1 is 1.29 bits per heavy atom. The number of aliphatic carboxylic acids is 1. The standard InChI is InChI=1S/C13H14ClNO5S/c14-10-3-1-9(2-4-10)7-12(16)15-5-6-21(19,20)8-11(15)13(17)18/h1-4,11H,5-8H2,(H,17,18). The normalized spacial score (nSPS) is 21.0. The highest BCUT2D eigenvalue weighted by Gasteiger charge is 2.38. The molecule has 0 bridgehead atoms. The van der Waals surface area contributed by atoms with Crippen molar-refractivity contribution in [1.29, 1.82) is 0 Å². The molecule has 6 nitrogen and oxygen atoms in total. The van der Waals surface area contributed by atoms with Gasteiger partial charge in [-0.05, 0) is 17.7 Å². The molecule has 1 unspecified atom stereocenters. The third kappa shape index (κ3) is 3.95. The zero-order chi connectivity index (χ0) is 15.6. The van der Waals surface area contributed by atoms with E-state index in [0.29, 0.717) is 10.6 Å². The number of rotatable bonds is 3. The third-order valence-corrected chi connectivity index (χ3v) is 5.19. The summed E-state index contributed by atoms with van der Waals surface area (Å²) in [5.41, 5.74) is 0.696. The molecule has 2 rings (SSSR count). The number of hydrogen-bond acceptors (Lipinski definition) is 4. The van der Waals surface area contributed by atoms with Gasteiger partial charge in [0.2, 0.25) is 5.91 Å². The van der Waals surface area contributed by atoms with Crippen molar-refractivity contribution >= 4 is 33.3 Å². The third-order valence-electron chi connectivity index (χ3n) is 3.31.